The van der Waals surface area contributed by atoms with E-state index in [1.54, 1.807) is 20.8 Å². The van der Waals surface area contributed by atoms with Gasteiger partial charge in [0.2, 0.25) is 0 Å². The standard InChI is InChI=1S/C16H25N3O5.C2H6/c1-8-12(15(23)18-4-5-20)9(2)14(17)10(3)13(8)16(24)19-6-11(22)7-21;1-2/h11,20-22H,4-7,17H2,1-3H3,(H,18,23)(H,19,24);1-2H3. The van der Waals surface area contributed by atoms with Crippen molar-refractivity contribution in [2.45, 2.75) is 40.7 Å². The molecule has 0 spiro atoms. The van der Waals surface area contributed by atoms with Crippen molar-refractivity contribution in [3.8, 4) is 0 Å². The van der Waals surface area contributed by atoms with E-state index in [0.29, 0.717) is 27.9 Å². The third-order valence-electron chi connectivity index (χ3n) is 3.87. The van der Waals surface area contributed by atoms with Gasteiger partial charge in [0.1, 0.15) is 0 Å². The molecule has 148 valence electrons. The van der Waals surface area contributed by atoms with Gasteiger partial charge in [-0.3, -0.25) is 9.59 Å². The van der Waals surface area contributed by atoms with Gasteiger partial charge in [0, 0.05) is 29.9 Å². The summed E-state index contributed by atoms with van der Waals surface area (Å²) in [7, 11) is 0. The zero-order chi connectivity index (χ0) is 20.4. The summed E-state index contributed by atoms with van der Waals surface area (Å²) < 4.78 is 0. The van der Waals surface area contributed by atoms with Gasteiger partial charge in [-0.15, -0.1) is 0 Å². The Balaban J connectivity index is 0.00000301. The van der Waals surface area contributed by atoms with E-state index in [0.717, 1.165) is 0 Å². The summed E-state index contributed by atoms with van der Waals surface area (Å²) in [6.07, 6.45) is -1.07. The monoisotopic (exact) mass is 369 g/mol. The molecule has 8 nitrogen and oxygen atoms in total. The largest absolute Gasteiger partial charge is 0.398 e. The average molecular weight is 369 g/mol. The van der Waals surface area contributed by atoms with E-state index in [1.165, 1.54) is 0 Å². The Bertz CT molecular complexity index is 632. The Kier molecular flexibility index (Phi) is 10.5. The minimum absolute atomic E-state index is 0.0930. The molecule has 1 aromatic rings. The number of aliphatic hydroxyl groups excluding tert-OH is 3. The minimum Gasteiger partial charge on any atom is -0.398 e. The number of aliphatic hydroxyl groups is 3. The van der Waals surface area contributed by atoms with E-state index in [-0.39, 0.29) is 25.3 Å². The van der Waals surface area contributed by atoms with Crippen LogP contribution in [0.2, 0.25) is 0 Å². The lowest BCUT2D eigenvalue weighted by Crippen LogP contribution is -2.35. The third-order valence-corrected chi connectivity index (χ3v) is 3.87. The molecular formula is C18H31N3O5. The third kappa shape index (κ3) is 5.69. The molecule has 0 saturated carbocycles. The number of nitrogens with two attached hydrogens (primary N) is 1. The maximum Gasteiger partial charge on any atom is 0.252 e. The molecular weight excluding hydrogens is 338 g/mol. The van der Waals surface area contributed by atoms with Crippen LogP contribution >= 0.6 is 0 Å². The van der Waals surface area contributed by atoms with Gasteiger partial charge in [-0.1, -0.05) is 13.8 Å². The van der Waals surface area contributed by atoms with Crippen LogP contribution in [0.3, 0.4) is 0 Å². The first-order valence-corrected chi connectivity index (χ1v) is 8.61. The van der Waals surface area contributed by atoms with Crippen LogP contribution in [0.4, 0.5) is 5.69 Å². The Morgan fingerprint density at radius 1 is 0.962 bits per heavy atom. The van der Waals surface area contributed by atoms with Crippen LogP contribution in [0, 0.1) is 20.8 Å². The molecule has 0 aliphatic carbocycles. The minimum atomic E-state index is -1.07. The summed E-state index contributed by atoms with van der Waals surface area (Å²) in [6, 6.07) is 0. The molecule has 1 unspecified atom stereocenters. The van der Waals surface area contributed by atoms with E-state index < -0.39 is 24.5 Å². The number of carbonyl (C=O) groups is 2. The molecule has 1 aromatic carbocycles. The Labute approximate surface area is 154 Å². The number of nitrogens with one attached hydrogen (secondary N) is 2. The topological polar surface area (TPSA) is 145 Å². The number of benzene rings is 1. The number of hydrogen-bond acceptors (Lipinski definition) is 6. The normalized spacial score (nSPS) is 11.2. The molecule has 26 heavy (non-hydrogen) atoms. The second kappa shape index (κ2) is 11.5. The van der Waals surface area contributed by atoms with Crippen molar-refractivity contribution in [2.24, 2.45) is 0 Å². The molecule has 0 bridgehead atoms. The van der Waals surface area contributed by atoms with Crippen LogP contribution in [0.25, 0.3) is 0 Å². The van der Waals surface area contributed by atoms with E-state index in [9.17, 15) is 14.7 Å². The highest BCUT2D eigenvalue weighted by atomic mass is 16.3. The van der Waals surface area contributed by atoms with E-state index in [1.807, 2.05) is 13.8 Å². The highest BCUT2D eigenvalue weighted by Gasteiger charge is 2.24. The first kappa shape index (κ1) is 23.8. The lowest BCUT2D eigenvalue weighted by Gasteiger charge is -2.20. The summed E-state index contributed by atoms with van der Waals surface area (Å²) in [4.78, 5) is 24.7. The maximum absolute atomic E-state index is 12.4. The van der Waals surface area contributed by atoms with Crippen LogP contribution in [-0.4, -0.2) is 59.5 Å². The summed E-state index contributed by atoms with van der Waals surface area (Å²) in [5, 5.41) is 32.1. The number of hydrogen-bond donors (Lipinski definition) is 6. The number of rotatable bonds is 7. The van der Waals surface area contributed by atoms with Crippen molar-refractivity contribution in [3.05, 3.63) is 27.8 Å². The lowest BCUT2D eigenvalue weighted by molar-refractivity contribution is 0.0801. The van der Waals surface area contributed by atoms with Crippen molar-refractivity contribution >= 4 is 17.5 Å². The van der Waals surface area contributed by atoms with Gasteiger partial charge in [-0.2, -0.15) is 0 Å². The average Bonchev–Trinajstić information content (AvgIpc) is 2.64. The zero-order valence-electron chi connectivity index (χ0n) is 16.1. The molecule has 0 aromatic heterocycles. The predicted octanol–water partition coefficient (Wildman–Crippen LogP) is 0.0254. The zero-order valence-corrected chi connectivity index (χ0v) is 16.1. The molecule has 0 aliphatic heterocycles. The Morgan fingerprint density at radius 3 is 1.85 bits per heavy atom. The van der Waals surface area contributed by atoms with Gasteiger partial charge < -0.3 is 31.7 Å². The van der Waals surface area contributed by atoms with Crippen molar-refractivity contribution in [3.63, 3.8) is 0 Å². The van der Waals surface area contributed by atoms with Gasteiger partial charge in [-0.05, 0) is 37.5 Å². The molecule has 7 N–H and O–H groups in total. The SMILES string of the molecule is CC.Cc1c(N)c(C)c(C(=O)NCC(O)CO)c(C)c1C(=O)NCCO. The Morgan fingerprint density at radius 2 is 1.42 bits per heavy atom. The molecule has 0 aliphatic rings. The summed E-state index contributed by atoms with van der Waals surface area (Å²) in [6.45, 7) is 8.33. The van der Waals surface area contributed by atoms with E-state index >= 15 is 0 Å². The highest BCUT2D eigenvalue weighted by Crippen LogP contribution is 2.29. The van der Waals surface area contributed by atoms with Crippen molar-refractivity contribution < 1.29 is 24.9 Å². The van der Waals surface area contributed by atoms with Crippen LogP contribution in [0.15, 0.2) is 0 Å². The molecule has 0 fully saturated rings. The predicted molar refractivity (Wildman–Crippen MR) is 101 cm³/mol. The molecule has 1 rings (SSSR count). The Hall–Kier alpha value is -2.16. The first-order valence-electron chi connectivity index (χ1n) is 8.61. The van der Waals surface area contributed by atoms with Crippen molar-refractivity contribution in [1.29, 1.82) is 0 Å². The van der Waals surface area contributed by atoms with Gasteiger partial charge in [-0.25, -0.2) is 0 Å². The van der Waals surface area contributed by atoms with Gasteiger partial charge in [0.15, 0.2) is 0 Å². The van der Waals surface area contributed by atoms with E-state index in [4.69, 9.17) is 15.9 Å². The van der Waals surface area contributed by atoms with Gasteiger partial charge >= 0.3 is 0 Å². The number of anilines is 1. The molecule has 0 radical (unpaired) electrons. The van der Waals surface area contributed by atoms with Gasteiger partial charge in [0.25, 0.3) is 11.8 Å². The fourth-order valence-corrected chi connectivity index (χ4v) is 2.54. The molecule has 0 saturated heterocycles. The van der Waals surface area contributed by atoms with Crippen LogP contribution in [-0.2, 0) is 0 Å². The van der Waals surface area contributed by atoms with Crippen LogP contribution in [0.5, 0.6) is 0 Å². The first-order chi connectivity index (χ1) is 12.3. The fourth-order valence-electron chi connectivity index (χ4n) is 2.54. The van der Waals surface area contributed by atoms with Gasteiger partial charge in [0.05, 0.1) is 19.3 Å². The second-order valence-electron chi connectivity index (χ2n) is 5.56. The number of amides is 2. The molecule has 8 heteroatoms. The van der Waals surface area contributed by atoms with Crippen molar-refractivity contribution in [1.82, 2.24) is 10.6 Å². The number of carbonyl (C=O) groups excluding carboxylic acids is 2. The molecule has 2 amide bonds. The summed E-state index contributed by atoms with van der Waals surface area (Å²) >= 11 is 0. The van der Waals surface area contributed by atoms with E-state index in [2.05, 4.69) is 10.6 Å². The summed E-state index contributed by atoms with van der Waals surface area (Å²) in [5.41, 5.74) is 8.50. The fraction of sp³-hybridized carbons (Fsp3) is 0.556. The van der Waals surface area contributed by atoms with Crippen LogP contribution < -0.4 is 16.4 Å². The highest BCUT2D eigenvalue weighted by molar-refractivity contribution is 6.05. The lowest BCUT2D eigenvalue weighted by atomic mass is 9.90. The molecule has 0 heterocycles. The smallest absolute Gasteiger partial charge is 0.252 e. The summed E-state index contributed by atoms with van der Waals surface area (Å²) in [5.74, 6) is -0.907. The number of nitrogen functional groups attached to an aromatic ring is 1. The second-order valence-corrected chi connectivity index (χ2v) is 5.56. The maximum atomic E-state index is 12.4. The van der Waals surface area contributed by atoms with Crippen LogP contribution in [0.1, 0.15) is 51.3 Å². The quantitative estimate of drug-likeness (QED) is 0.374. The molecule has 1 atom stereocenters. The van der Waals surface area contributed by atoms with Crippen molar-refractivity contribution in [2.75, 3.05) is 32.0 Å².